The zero-order valence-corrected chi connectivity index (χ0v) is 11.5. The number of carbonyl (C=O) groups is 1. The monoisotopic (exact) mass is 272 g/mol. The van der Waals surface area contributed by atoms with Crippen LogP contribution in [0.1, 0.15) is 13.3 Å². The summed E-state index contributed by atoms with van der Waals surface area (Å²) in [6.07, 6.45) is 2.23. The van der Waals surface area contributed by atoms with Gasteiger partial charge in [0, 0.05) is 13.6 Å². The number of amides is 1. The van der Waals surface area contributed by atoms with Gasteiger partial charge in [-0.2, -0.15) is 0 Å². The van der Waals surface area contributed by atoms with Crippen LogP contribution in [0.2, 0.25) is 5.15 Å². The van der Waals surface area contributed by atoms with Gasteiger partial charge in [0.1, 0.15) is 6.33 Å². The maximum Gasteiger partial charge on any atom is 0.239 e. The molecule has 1 heterocycles. The highest BCUT2D eigenvalue weighted by molar-refractivity contribution is 6.31. The van der Waals surface area contributed by atoms with Gasteiger partial charge in [0.25, 0.3) is 0 Å². The number of carbonyl (C=O) groups excluding carboxylic acids is 1. The summed E-state index contributed by atoms with van der Waals surface area (Å²) in [7, 11) is 3.09. The van der Waals surface area contributed by atoms with Crippen molar-refractivity contribution in [1.82, 2.24) is 15.3 Å². The molecule has 0 unspecified atom stereocenters. The van der Waals surface area contributed by atoms with E-state index in [2.05, 4.69) is 15.3 Å². The van der Waals surface area contributed by atoms with Crippen molar-refractivity contribution in [1.29, 1.82) is 0 Å². The second-order valence-corrected chi connectivity index (χ2v) is 3.97. The lowest BCUT2D eigenvalue weighted by Crippen LogP contribution is -2.36. The van der Waals surface area contributed by atoms with Crippen LogP contribution in [-0.2, 0) is 4.79 Å². The number of rotatable bonds is 6. The number of nitrogens with zero attached hydrogens (tertiary/aromatic N) is 3. The Morgan fingerprint density at radius 1 is 1.56 bits per heavy atom. The Morgan fingerprint density at radius 2 is 2.28 bits per heavy atom. The number of aromatic nitrogens is 2. The van der Waals surface area contributed by atoms with E-state index in [1.807, 2.05) is 11.8 Å². The number of methoxy groups -OCH3 is 1. The normalized spacial score (nSPS) is 10.0. The van der Waals surface area contributed by atoms with E-state index in [1.165, 1.54) is 13.4 Å². The fourth-order valence-electron chi connectivity index (χ4n) is 1.53. The summed E-state index contributed by atoms with van der Waals surface area (Å²) in [5, 5.41) is 2.81. The molecule has 0 spiro atoms. The molecule has 1 aromatic rings. The summed E-state index contributed by atoms with van der Waals surface area (Å²) in [5.41, 5.74) is 0. The summed E-state index contributed by atoms with van der Waals surface area (Å²) in [5.74, 6) is 0.819. The Morgan fingerprint density at radius 3 is 2.83 bits per heavy atom. The molecule has 1 amide bonds. The van der Waals surface area contributed by atoms with Crippen molar-refractivity contribution >= 4 is 23.3 Å². The van der Waals surface area contributed by atoms with Crippen molar-refractivity contribution in [3.05, 3.63) is 11.5 Å². The van der Waals surface area contributed by atoms with Crippen LogP contribution in [0.4, 0.5) is 5.82 Å². The zero-order chi connectivity index (χ0) is 13.5. The topological polar surface area (TPSA) is 67.4 Å². The van der Waals surface area contributed by atoms with Crippen LogP contribution in [0.3, 0.4) is 0 Å². The predicted molar refractivity (Wildman–Crippen MR) is 70.2 cm³/mol. The fraction of sp³-hybridized carbons (Fsp3) is 0.545. The maximum absolute atomic E-state index is 11.5. The summed E-state index contributed by atoms with van der Waals surface area (Å²) in [6, 6.07) is 0. The predicted octanol–water partition coefficient (Wildman–Crippen LogP) is 1.10. The Hall–Kier alpha value is -1.56. The molecular formula is C11H17ClN4O2. The third-order valence-electron chi connectivity index (χ3n) is 2.35. The third-order valence-corrected chi connectivity index (χ3v) is 2.62. The fourth-order valence-corrected chi connectivity index (χ4v) is 1.73. The van der Waals surface area contributed by atoms with E-state index in [1.54, 1.807) is 7.05 Å². The van der Waals surface area contributed by atoms with Crippen molar-refractivity contribution in [3.8, 4) is 5.75 Å². The molecule has 0 aliphatic carbocycles. The largest absolute Gasteiger partial charge is 0.490 e. The molecule has 0 saturated heterocycles. The Balaban J connectivity index is 3.04. The molecule has 0 aromatic carbocycles. The van der Waals surface area contributed by atoms with Gasteiger partial charge in [0.2, 0.25) is 5.91 Å². The SMILES string of the molecule is CCCN(CC(=O)NC)c1ncnc(Cl)c1OC. The molecule has 0 aliphatic rings. The molecule has 100 valence electrons. The lowest BCUT2D eigenvalue weighted by molar-refractivity contribution is -0.119. The van der Waals surface area contributed by atoms with Crippen LogP contribution in [-0.4, -0.2) is 43.1 Å². The summed E-state index contributed by atoms with van der Waals surface area (Å²) in [4.78, 5) is 21.3. The standard InChI is InChI=1S/C11H17ClN4O2/c1-4-5-16(6-8(17)13-2)11-9(18-3)10(12)14-7-15-11/h7H,4-6H2,1-3H3,(H,13,17). The molecule has 18 heavy (non-hydrogen) atoms. The number of hydrogen-bond acceptors (Lipinski definition) is 5. The van der Waals surface area contributed by atoms with Gasteiger partial charge in [0.05, 0.1) is 13.7 Å². The van der Waals surface area contributed by atoms with Gasteiger partial charge in [-0.05, 0) is 6.42 Å². The van der Waals surface area contributed by atoms with Gasteiger partial charge in [-0.1, -0.05) is 18.5 Å². The molecule has 0 radical (unpaired) electrons. The first-order valence-corrected chi connectivity index (χ1v) is 6.01. The van der Waals surface area contributed by atoms with Gasteiger partial charge < -0.3 is 15.0 Å². The first kappa shape index (κ1) is 14.5. The number of nitrogens with one attached hydrogen (secondary N) is 1. The second-order valence-electron chi connectivity index (χ2n) is 3.62. The molecule has 1 rings (SSSR count). The third kappa shape index (κ3) is 3.46. The maximum atomic E-state index is 11.5. The van der Waals surface area contributed by atoms with Crippen molar-refractivity contribution in [3.63, 3.8) is 0 Å². The number of hydrogen-bond donors (Lipinski definition) is 1. The van der Waals surface area contributed by atoms with Crippen molar-refractivity contribution in [2.75, 3.05) is 32.1 Å². The summed E-state index contributed by atoms with van der Waals surface area (Å²) in [6.45, 7) is 2.90. The van der Waals surface area contributed by atoms with E-state index < -0.39 is 0 Å². The molecule has 0 fully saturated rings. The number of ether oxygens (including phenoxy) is 1. The first-order valence-electron chi connectivity index (χ1n) is 5.64. The quantitative estimate of drug-likeness (QED) is 0.786. The van der Waals surface area contributed by atoms with E-state index in [4.69, 9.17) is 16.3 Å². The molecule has 0 aliphatic heterocycles. The van der Waals surface area contributed by atoms with E-state index in [0.29, 0.717) is 18.1 Å². The Bertz CT molecular complexity index is 414. The first-order chi connectivity index (χ1) is 8.63. The van der Waals surface area contributed by atoms with Gasteiger partial charge in [-0.25, -0.2) is 9.97 Å². The highest BCUT2D eigenvalue weighted by atomic mass is 35.5. The van der Waals surface area contributed by atoms with Gasteiger partial charge in [0.15, 0.2) is 16.7 Å². The molecule has 6 nitrogen and oxygen atoms in total. The van der Waals surface area contributed by atoms with Gasteiger partial charge >= 0.3 is 0 Å². The number of likely N-dealkylation sites (N-methyl/N-ethyl adjacent to an activating group) is 1. The van der Waals surface area contributed by atoms with Crippen LogP contribution in [0, 0.1) is 0 Å². The zero-order valence-electron chi connectivity index (χ0n) is 10.7. The van der Waals surface area contributed by atoms with Gasteiger partial charge in [-0.3, -0.25) is 4.79 Å². The molecule has 1 N–H and O–H groups in total. The molecule has 0 bridgehead atoms. The van der Waals surface area contributed by atoms with E-state index in [-0.39, 0.29) is 17.6 Å². The van der Waals surface area contributed by atoms with Crippen LogP contribution >= 0.6 is 11.6 Å². The van der Waals surface area contributed by atoms with E-state index in [9.17, 15) is 4.79 Å². The second kappa shape index (κ2) is 7.00. The van der Waals surface area contributed by atoms with Crippen LogP contribution in [0.25, 0.3) is 0 Å². The highest BCUT2D eigenvalue weighted by Crippen LogP contribution is 2.31. The highest BCUT2D eigenvalue weighted by Gasteiger charge is 2.18. The molecule has 7 heteroatoms. The molecular weight excluding hydrogens is 256 g/mol. The minimum atomic E-state index is -0.0970. The molecule has 0 saturated carbocycles. The smallest absolute Gasteiger partial charge is 0.239 e. The number of halogens is 1. The van der Waals surface area contributed by atoms with Crippen LogP contribution in [0.15, 0.2) is 6.33 Å². The average molecular weight is 273 g/mol. The van der Waals surface area contributed by atoms with E-state index >= 15 is 0 Å². The molecule has 1 aromatic heterocycles. The van der Waals surface area contributed by atoms with Crippen LogP contribution in [0.5, 0.6) is 5.75 Å². The minimum Gasteiger partial charge on any atom is -0.490 e. The van der Waals surface area contributed by atoms with Crippen LogP contribution < -0.4 is 15.0 Å². The molecule has 0 atom stereocenters. The van der Waals surface area contributed by atoms with Gasteiger partial charge in [-0.15, -0.1) is 0 Å². The summed E-state index contributed by atoms with van der Waals surface area (Å²) < 4.78 is 5.19. The summed E-state index contributed by atoms with van der Waals surface area (Å²) >= 11 is 5.94. The minimum absolute atomic E-state index is 0.0970. The Kier molecular flexibility index (Phi) is 5.64. The van der Waals surface area contributed by atoms with E-state index in [0.717, 1.165) is 6.42 Å². The Labute approximate surface area is 111 Å². The average Bonchev–Trinajstić information content (AvgIpc) is 2.37. The lowest BCUT2D eigenvalue weighted by atomic mass is 10.3. The van der Waals surface area contributed by atoms with Crippen molar-refractivity contribution < 1.29 is 9.53 Å². The van der Waals surface area contributed by atoms with Crippen molar-refractivity contribution in [2.24, 2.45) is 0 Å². The number of anilines is 1. The lowest BCUT2D eigenvalue weighted by Gasteiger charge is -2.23. The van der Waals surface area contributed by atoms with Crippen molar-refractivity contribution in [2.45, 2.75) is 13.3 Å².